The van der Waals surface area contributed by atoms with E-state index in [1.165, 1.54) is 5.56 Å². The Balaban J connectivity index is 1.42. The van der Waals surface area contributed by atoms with Crippen LogP contribution in [0.5, 0.6) is 0 Å². The van der Waals surface area contributed by atoms with E-state index in [1.54, 1.807) is 4.90 Å². The molecule has 5 heteroatoms. The fraction of sp³-hybridized carbons (Fsp3) is 0.579. The minimum Gasteiger partial charge on any atom is -0.375 e. The number of amides is 2. The Morgan fingerprint density at radius 2 is 2.04 bits per heavy atom. The molecule has 2 fully saturated rings. The Bertz CT molecular complexity index is 561. The van der Waals surface area contributed by atoms with Gasteiger partial charge in [-0.1, -0.05) is 30.3 Å². The monoisotopic (exact) mass is 330 g/mol. The van der Waals surface area contributed by atoms with Crippen LogP contribution < -0.4 is 0 Å². The average molecular weight is 330 g/mol. The number of aryl methyl sites for hydroxylation is 1. The van der Waals surface area contributed by atoms with Gasteiger partial charge in [0.15, 0.2) is 0 Å². The van der Waals surface area contributed by atoms with E-state index >= 15 is 0 Å². The summed E-state index contributed by atoms with van der Waals surface area (Å²) < 4.78 is 5.81. The molecule has 2 saturated heterocycles. The molecular weight excluding hydrogens is 304 g/mol. The van der Waals surface area contributed by atoms with Gasteiger partial charge in [-0.05, 0) is 31.2 Å². The van der Waals surface area contributed by atoms with Crippen LogP contribution in [-0.4, -0.2) is 60.5 Å². The van der Waals surface area contributed by atoms with Crippen LogP contribution >= 0.6 is 0 Å². The molecule has 1 atom stereocenters. The first-order valence-electron chi connectivity index (χ1n) is 8.93. The summed E-state index contributed by atoms with van der Waals surface area (Å²) in [5.74, 6) is 0.164. The number of rotatable bonds is 6. The standard InChI is InChI=1S/C19H26N2O3/c22-18-10-5-11-20(18)15-19(23)21-12-13-24-17(14-21)9-4-8-16-6-2-1-3-7-16/h1-3,6-7,17H,4-5,8-15H2. The first-order valence-corrected chi connectivity index (χ1v) is 8.93. The molecule has 2 aliphatic rings. The summed E-state index contributed by atoms with van der Waals surface area (Å²) >= 11 is 0. The second-order valence-corrected chi connectivity index (χ2v) is 6.63. The third kappa shape index (κ3) is 4.57. The van der Waals surface area contributed by atoms with Crippen LogP contribution in [0.1, 0.15) is 31.2 Å². The van der Waals surface area contributed by atoms with Crippen LogP contribution in [0.3, 0.4) is 0 Å². The van der Waals surface area contributed by atoms with Crippen molar-refractivity contribution in [1.82, 2.24) is 9.80 Å². The number of benzene rings is 1. The van der Waals surface area contributed by atoms with Crippen LogP contribution in [0.2, 0.25) is 0 Å². The van der Waals surface area contributed by atoms with Crippen molar-refractivity contribution in [3.63, 3.8) is 0 Å². The van der Waals surface area contributed by atoms with E-state index < -0.39 is 0 Å². The molecule has 0 aliphatic carbocycles. The number of likely N-dealkylation sites (tertiary alicyclic amines) is 1. The van der Waals surface area contributed by atoms with E-state index in [4.69, 9.17) is 4.74 Å². The molecule has 3 rings (SSSR count). The van der Waals surface area contributed by atoms with Gasteiger partial charge in [0, 0.05) is 26.1 Å². The largest absolute Gasteiger partial charge is 0.375 e. The molecule has 0 aromatic heterocycles. The lowest BCUT2D eigenvalue weighted by atomic mass is 10.1. The van der Waals surface area contributed by atoms with Gasteiger partial charge in [-0.25, -0.2) is 0 Å². The van der Waals surface area contributed by atoms with Crippen molar-refractivity contribution in [3.8, 4) is 0 Å². The summed E-state index contributed by atoms with van der Waals surface area (Å²) in [6, 6.07) is 10.4. The van der Waals surface area contributed by atoms with E-state index in [9.17, 15) is 9.59 Å². The molecule has 2 heterocycles. The highest BCUT2D eigenvalue weighted by Crippen LogP contribution is 2.15. The Kier molecular flexibility index (Phi) is 5.86. The second kappa shape index (κ2) is 8.29. The van der Waals surface area contributed by atoms with E-state index in [0.29, 0.717) is 26.1 Å². The van der Waals surface area contributed by atoms with Crippen molar-refractivity contribution in [3.05, 3.63) is 35.9 Å². The molecule has 24 heavy (non-hydrogen) atoms. The summed E-state index contributed by atoms with van der Waals surface area (Å²) in [4.78, 5) is 27.6. The van der Waals surface area contributed by atoms with Gasteiger partial charge in [-0.3, -0.25) is 9.59 Å². The Morgan fingerprint density at radius 1 is 1.21 bits per heavy atom. The minimum absolute atomic E-state index is 0.0570. The Morgan fingerprint density at radius 3 is 2.79 bits per heavy atom. The van der Waals surface area contributed by atoms with Crippen LogP contribution in [0.15, 0.2) is 30.3 Å². The minimum atomic E-state index is 0.0570. The lowest BCUT2D eigenvalue weighted by Crippen LogP contribution is -2.49. The predicted molar refractivity (Wildman–Crippen MR) is 91.5 cm³/mol. The molecule has 130 valence electrons. The first-order chi connectivity index (χ1) is 11.7. The normalized spacial score (nSPS) is 21.3. The highest BCUT2D eigenvalue weighted by Gasteiger charge is 2.28. The summed E-state index contributed by atoms with van der Waals surface area (Å²) in [6.07, 6.45) is 4.62. The van der Waals surface area contributed by atoms with E-state index in [-0.39, 0.29) is 24.5 Å². The summed E-state index contributed by atoms with van der Waals surface area (Å²) in [6.45, 7) is 2.83. The molecule has 0 radical (unpaired) electrons. The van der Waals surface area contributed by atoms with E-state index in [2.05, 4.69) is 24.3 Å². The number of carbonyl (C=O) groups excluding carboxylic acids is 2. The topological polar surface area (TPSA) is 49.9 Å². The lowest BCUT2D eigenvalue weighted by Gasteiger charge is -2.34. The quantitative estimate of drug-likeness (QED) is 0.800. The number of morpholine rings is 1. The van der Waals surface area contributed by atoms with Crippen molar-refractivity contribution in [2.45, 2.75) is 38.2 Å². The van der Waals surface area contributed by atoms with Crippen molar-refractivity contribution in [2.24, 2.45) is 0 Å². The lowest BCUT2D eigenvalue weighted by molar-refractivity contribution is -0.143. The van der Waals surface area contributed by atoms with Gasteiger partial charge in [0.25, 0.3) is 0 Å². The summed E-state index contributed by atoms with van der Waals surface area (Å²) in [5, 5.41) is 0. The number of nitrogens with zero attached hydrogens (tertiary/aromatic N) is 2. The number of hydrogen-bond donors (Lipinski definition) is 0. The van der Waals surface area contributed by atoms with Gasteiger partial charge in [0.05, 0.1) is 19.3 Å². The molecule has 2 amide bonds. The molecule has 0 saturated carbocycles. The van der Waals surface area contributed by atoms with Gasteiger partial charge in [0.1, 0.15) is 0 Å². The van der Waals surface area contributed by atoms with Crippen LogP contribution in [-0.2, 0) is 20.7 Å². The number of ether oxygens (including phenoxy) is 1. The molecular formula is C19H26N2O3. The molecule has 5 nitrogen and oxygen atoms in total. The molecule has 1 unspecified atom stereocenters. The number of carbonyl (C=O) groups is 2. The van der Waals surface area contributed by atoms with Crippen molar-refractivity contribution < 1.29 is 14.3 Å². The predicted octanol–water partition coefficient (Wildman–Crippen LogP) is 1.86. The van der Waals surface area contributed by atoms with Gasteiger partial charge >= 0.3 is 0 Å². The Labute approximate surface area is 143 Å². The zero-order valence-electron chi connectivity index (χ0n) is 14.2. The van der Waals surface area contributed by atoms with Crippen LogP contribution in [0.25, 0.3) is 0 Å². The molecule has 0 spiro atoms. The fourth-order valence-electron chi connectivity index (χ4n) is 3.43. The van der Waals surface area contributed by atoms with Gasteiger partial charge in [-0.15, -0.1) is 0 Å². The average Bonchev–Trinajstić information content (AvgIpc) is 3.01. The third-order valence-electron chi connectivity index (χ3n) is 4.82. The molecule has 0 N–H and O–H groups in total. The highest BCUT2D eigenvalue weighted by molar-refractivity contribution is 5.85. The maximum absolute atomic E-state index is 12.4. The maximum atomic E-state index is 12.4. The van der Waals surface area contributed by atoms with Gasteiger partial charge in [-0.2, -0.15) is 0 Å². The zero-order chi connectivity index (χ0) is 16.8. The maximum Gasteiger partial charge on any atom is 0.242 e. The summed E-state index contributed by atoms with van der Waals surface area (Å²) in [5.41, 5.74) is 1.34. The fourth-order valence-corrected chi connectivity index (χ4v) is 3.43. The SMILES string of the molecule is O=C1CCCN1CC(=O)N1CCOC(CCCc2ccccc2)C1. The van der Waals surface area contributed by atoms with Crippen molar-refractivity contribution >= 4 is 11.8 Å². The second-order valence-electron chi connectivity index (χ2n) is 6.63. The van der Waals surface area contributed by atoms with Crippen LogP contribution in [0, 0.1) is 0 Å². The molecule has 2 aliphatic heterocycles. The van der Waals surface area contributed by atoms with Gasteiger partial charge in [0.2, 0.25) is 11.8 Å². The molecule has 0 bridgehead atoms. The molecule has 1 aromatic carbocycles. The third-order valence-corrected chi connectivity index (χ3v) is 4.82. The smallest absolute Gasteiger partial charge is 0.242 e. The molecule has 1 aromatic rings. The summed E-state index contributed by atoms with van der Waals surface area (Å²) in [7, 11) is 0. The highest BCUT2D eigenvalue weighted by atomic mass is 16.5. The van der Waals surface area contributed by atoms with Gasteiger partial charge < -0.3 is 14.5 Å². The van der Waals surface area contributed by atoms with Crippen molar-refractivity contribution in [2.75, 3.05) is 32.8 Å². The van der Waals surface area contributed by atoms with Crippen LogP contribution in [0.4, 0.5) is 0 Å². The van der Waals surface area contributed by atoms with E-state index in [0.717, 1.165) is 32.2 Å². The van der Waals surface area contributed by atoms with Crippen molar-refractivity contribution in [1.29, 1.82) is 0 Å². The first kappa shape index (κ1) is 17.0. The zero-order valence-corrected chi connectivity index (χ0v) is 14.2. The Hall–Kier alpha value is -1.88. The van der Waals surface area contributed by atoms with E-state index in [1.807, 2.05) is 11.0 Å². The number of hydrogen-bond acceptors (Lipinski definition) is 3.